The Balaban J connectivity index is 1.39. The molecule has 0 saturated carbocycles. The molecule has 3 aromatic rings. The van der Waals surface area contributed by atoms with Crippen molar-refractivity contribution in [1.29, 1.82) is 0 Å². The molecule has 0 aliphatic carbocycles. The monoisotopic (exact) mass is 428 g/mol. The van der Waals surface area contributed by atoms with Crippen molar-refractivity contribution in [2.45, 2.75) is 25.8 Å². The molecule has 1 fully saturated rings. The van der Waals surface area contributed by atoms with Crippen molar-refractivity contribution < 1.29 is 4.79 Å². The standard InChI is InChI=1S/C22H22Cl2N4O/c23-18-9-6-16(12-19(18)24)20-13-21(27-26-20)22(29)25-17-7-4-15(5-8-17)14-28-10-2-1-3-11-28/h4-9,12-13H,1-3,10-11,14H2,(H,25,29)(H,26,27). The predicted molar refractivity (Wildman–Crippen MR) is 118 cm³/mol. The minimum Gasteiger partial charge on any atom is -0.321 e. The molecular weight excluding hydrogens is 407 g/mol. The van der Waals surface area contributed by atoms with Crippen LogP contribution in [0.2, 0.25) is 10.0 Å². The Labute approximate surface area is 180 Å². The maximum Gasteiger partial charge on any atom is 0.273 e. The van der Waals surface area contributed by atoms with Crippen LogP contribution in [0.5, 0.6) is 0 Å². The molecule has 2 heterocycles. The Bertz CT molecular complexity index is 994. The Kier molecular flexibility index (Phi) is 6.19. The van der Waals surface area contributed by atoms with Crippen LogP contribution in [0.25, 0.3) is 11.3 Å². The molecular formula is C22H22Cl2N4O. The van der Waals surface area contributed by atoms with E-state index in [-0.39, 0.29) is 5.91 Å². The highest BCUT2D eigenvalue weighted by Gasteiger charge is 2.13. The molecule has 1 aromatic heterocycles. The van der Waals surface area contributed by atoms with E-state index in [0.717, 1.165) is 17.8 Å². The van der Waals surface area contributed by atoms with Crippen molar-refractivity contribution in [2.24, 2.45) is 0 Å². The Morgan fingerprint density at radius 1 is 1.00 bits per heavy atom. The summed E-state index contributed by atoms with van der Waals surface area (Å²) in [6.45, 7) is 3.29. The Hall–Kier alpha value is -2.34. The Morgan fingerprint density at radius 2 is 1.76 bits per heavy atom. The number of likely N-dealkylation sites (tertiary alicyclic amines) is 1. The number of amides is 1. The molecule has 0 atom stereocenters. The van der Waals surface area contributed by atoms with Crippen molar-refractivity contribution in [1.82, 2.24) is 15.1 Å². The summed E-state index contributed by atoms with van der Waals surface area (Å²) in [5.74, 6) is -0.243. The number of aromatic amines is 1. The van der Waals surface area contributed by atoms with Crippen LogP contribution in [0.1, 0.15) is 35.3 Å². The summed E-state index contributed by atoms with van der Waals surface area (Å²) in [4.78, 5) is 15.0. The lowest BCUT2D eigenvalue weighted by Gasteiger charge is -2.26. The van der Waals surface area contributed by atoms with E-state index in [1.807, 2.05) is 18.2 Å². The highest BCUT2D eigenvalue weighted by Crippen LogP contribution is 2.28. The number of H-pyrrole nitrogens is 1. The van der Waals surface area contributed by atoms with Gasteiger partial charge in [0.15, 0.2) is 0 Å². The van der Waals surface area contributed by atoms with E-state index in [0.29, 0.717) is 21.4 Å². The van der Waals surface area contributed by atoms with Crippen molar-refractivity contribution in [2.75, 3.05) is 18.4 Å². The van der Waals surface area contributed by atoms with Gasteiger partial charge >= 0.3 is 0 Å². The fourth-order valence-electron chi connectivity index (χ4n) is 3.51. The van der Waals surface area contributed by atoms with Crippen LogP contribution in [0.4, 0.5) is 5.69 Å². The molecule has 1 saturated heterocycles. The third-order valence-electron chi connectivity index (χ3n) is 5.10. The van der Waals surface area contributed by atoms with Gasteiger partial charge in [0.1, 0.15) is 5.69 Å². The van der Waals surface area contributed by atoms with Crippen molar-refractivity contribution in [3.63, 3.8) is 0 Å². The van der Waals surface area contributed by atoms with Crippen LogP contribution in [-0.4, -0.2) is 34.1 Å². The smallest absolute Gasteiger partial charge is 0.273 e. The summed E-state index contributed by atoms with van der Waals surface area (Å²) in [6, 6.07) is 15.0. The van der Waals surface area contributed by atoms with Gasteiger partial charge in [-0.1, -0.05) is 47.8 Å². The van der Waals surface area contributed by atoms with E-state index in [9.17, 15) is 4.79 Å². The molecule has 1 amide bonds. The second kappa shape index (κ2) is 8.99. The molecule has 0 spiro atoms. The summed E-state index contributed by atoms with van der Waals surface area (Å²) < 4.78 is 0. The number of carbonyl (C=O) groups excluding carboxylic acids is 1. The first kappa shape index (κ1) is 20.0. The van der Waals surface area contributed by atoms with Crippen molar-refractivity contribution in [3.05, 3.63) is 69.8 Å². The number of hydrogen-bond donors (Lipinski definition) is 2. The fraction of sp³-hybridized carbons (Fsp3) is 0.273. The SMILES string of the molecule is O=C(Nc1ccc(CN2CCCCC2)cc1)c1cc(-c2ccc(Cl)c(Cl)c2)n[nH]1. The number of anilines is 1. The molecule has 0 radical (unpaired) electrons. The molecule has 29 heavy (non-hydrogen) atoms. The summed E-state index contributed by atoms with van der Waals surface area (Å²) >= 11 is 12.0. The molecule has 2 aromatic carbocycles. The zero-order valence-electron chi connectivity index (χ0n) is 15.9. The number of piperidine rings is 1. The quantitative estimate of drug-likeness (QED) is 0.553. The van der Waals surface area contributed by atoms with E-state index < -0.39 is 0 Å². The third kappa shape index (κ3) is 4.99. The summed E-state index contributed by atoms with van der Waals surface area (Å²) in [5.41, 5.74) is 3.81. The van der Waals surface area contributed by atoms with Gasteiger partial charge < -0.3 is 5.32 Å². The second-order valence-electron chi connectivity index (χ2n) is 7.28. The number of nitrogens with zero attached hydrogens (tertiary/aromatic N) is 2. The molecule has 5 nitrogen and oxygen atoms in total. The molecule has 2 N–H and O–H groups in total. The number of halogens is 2. The average molecular weight is 429 g/mol. The van der Waals surface area contributed by atoms with Gasteiger partial charge in [0.2, 0.25) is 0 Å². The van der Waals surface area contributed by atoms with Gasteiger partial charge in [-0.2, -0.15) is 5.10 Å². The van der Waals surface area contributed by atoms with Crippen LogP contribution in [0.15, 0.2) is 48.5 Å². The molecule has 0 bridgehead atoms. The van der Waals surface area contributed by atoms with Crippen LogP contribution in [0.3, 0.4) is 0 Å². The fourth-order valence-corrected chi connectivity index (χ4v) is 3.81. The van der Waals surface area contributed by atoms with Crippen LogP contribution in [0, 0.1) is 0 Å². The predicted octanol–water partition coefficient (Wildman–Crippen LogP) is 5.62. The maximum atomic E-state index is 12.5. The van der Waals surface area contributed by atoms with E-state index >= 15 is 0 Å². The first-order chi connectivity index (χ1) is 14.1. The third-order valence-corrected chi connectivity index (χ3v) is 5.84. The van der Waals surface area contributed by atoms with E-state index in [1.54, 1.807) is 18.2 Å². The van der Waals surface area contributed by atoms with Gasteiger partial charge in [0, 0.05) is 17.8 Å². The molecule has 1 aliphatic heterocycles. The number of nitrogens with one attached hydrogen (secondary N) is 2. The van der Waals surface area contributed by atoms with Gasteiger partial charge in [-0.25, -0.2) is 0 Å². The number of rotatable bonds is 5. The Morgan fingerprint density at radius 3 is 2.48 bits per heavy atom. The van der Waals surface area contributed by atoms with Crippen LogP contribution in [-0.2, 0) is 6.54 Å². The number of hydrogen-bond acceptors (Lipinski definition) is 3. The zero-order valence-corrected chi connectivity index (χ0v) is 17.4. The van der Waals surface area contributed by atoms with E-state index in [4.69, 9.17) is 23.2 Å². The number of benzene rings is 2. The van der Waals surface area contributed by atoms with Crippen LogP contribution >= 0.6 is 23.2 Å². The van der Waals surface area contributed by atoms with Gasteiger partial charge in [-0.15, -0.1) is 0 Å². The number of aromatic nitrogens is 2. The summed E-state index contributed by atoms with van der Waals surface area (Å²) in [5, 5.41) is 10.8. The first-order valence-corrected chi connectivity index (χ1v) is 10.5. The van der Waals surface area contributed by atoms with Crippen molar-refractivity contribution in [3.8, 4) is 11.3 Å². The lowest BCUT2D eigenvalue weighted by Crippen LogP contribution is -2.29. The minimum atomic E-state index is -0.243. The number of carbonyl (C=O) groups is 1. The van der Waals surface area contributed by atoms with Gasteiger partial charge in [-0.05, 0) is 61.8 Å². The molecule has 1 aliphatic rings. The molecule has 0 unspecified atom stereocenters. The maximum absolute atomic E-state index is 12.5. The highest BCUT2D eigenvalue weighted by molar-refractivity contribution is 6.42. The molecule has 4 rings (SSSR count). The average Bonchev–Trinajstić information content (AvgIpc) is 3.23. The molecule has 7 heteroatoms. The van der Waals surface area contributed by atoms with Gasteiger partial charge in [-0.3, -0.25) is 14.8 Å². The first-order valence-electron chi connectivity index (χ1n) is 9.72. The van der Waals surface area contributed by atoms with E-state index in [1.165, 1.54) is 37.9 Å². The van der Waals surface area contributed by atoms with Gasteiger partial charge in [0.05, 0.1) is 15.7 Å². The molecule has 150 valence electrons. The van der Waals surface area contributed by atoms with Crippen LogP contribution < -0.4 is 5.32 Å². The highest BCUT2D eigenvalue weighted by atomic mass is 35.5. The minimum absolute atomic E-state index is 0.243. The largest absolute Gasteiger partial charge is 0.321 e. The van der Waals surface area contributed by atoms with Crippen molar-refractivity contribution >= 4 is 34.8 Å². The summed E-state index contributed by atoms with van der Waals surface area (Å²) in [6.07, 6.45) is 3.90. The lowest BCUT2D eigenvalue weighted by molar-refractivity contribution is 0.102. The second-order valence-corrected chi connectivity index (χ2v) is 8.10. The topological polar surface area (TPSA) is 61.0 Å². The van der Waals surface area contributed by atoms with Gasteiger partial charge in [0.25, 0.3) is 5.91 Å². The normalized spacial score (nSPS) is 14.7. The van der Waals surface area contributed by atoms with E-state index in [2.05, 4.69) is 32.5 Å². The summed E-state index contributed by atoms with van der Waals surface area (Å²) in [7, 11) is 0. The zero-order chi connectivity index (χ0) is 20.2. The lowest BCUT2D eigenvalue weighted by atomic mass is 10.1.